The first-order valence-corrected chi connectivity index (χ1v) is 11.5. The minimum absolute atomic E-state index is 0.625. The summed E-state index contributed by atoms with van der Waals surface area (Å²) in [6.45, 7) is 5.20. The van der Waals surface area contributed by atoms with E-state index in [9.17, 15) is 0 Å². The summed E-state index contributed by atoms with van der Waals surface area (Å²) >= 11 is 1.20. The van der Waals surface area contributed by atoms with Gasteiger partial charge in [0, 0.05) is 29.1 Å². The number of aromatic nitrogens is 4. The molecular weight excluding hydrogens is 432 g/mol. The summed E-state index contributed by atoms with van der Waals surface area (Å²) < 4.78 is 20.5. The smallest absolute Gasteiger partial charge is 0.131 e. The number of benzene rings is 2. The summed E-state index contributed by atoms with van der Waals surface area (Å²) in [7, 11) is 0. The Labute approximate surface area is 196 Å². The van der Waals surface area contributed by atoms with E-state index in [2.05, 4.69) is 9.36 Å². The van der Waals surface area contributed by atoms with Crippen molar-refractivity contribution in [3.8, 4) is 45.1 Å². The van der Waals surface area contributed by atoms with E-state index in [0.29, 0.717) is 13.2 Å². The summed E-state index contributed by atoms with van der Waals surface area (Å²) in [5, 5.41) is 0. The maximum atomic E-state index is 5.63. The van der Waals surface area contributed by atoms with Gasteiger partial charge in [-0.05, 0) is 67.9 Å². The molecule has 0 aliphatic rings. The Kier molecular flexibility index (Phi) is 5.95. The molecule has 0 fully saturated rings. The van der Waals surface area contributed by atoms with Gasteiger partial charge in [-0.15, -0.1) is 0 Å². The first-order valence-electron chi connectivity index (χ1n) is 10.8. The normalized spacial score (nSPS) is 11.0. The Morgan fingerprint density at radius 3 is 1.79 bits per heavy atom. The average Bonchev–Trinajstić information content (AvgIpc) is 3.35. The number of pyridine rings is 2. The van der Waals surface area contributed by atoms with Gasteiger partial charge >= 0.3 is 0 Å². The summed E-state index contributed by atoms with van der Waals surface area (Å²) in [6, 6.07) is 19.9. The Morgan fingerprint density at radius 1 is 0.636 bits per heavy atom. The lowest BCUT2D eigenvalue weighted by atomic mass is 9.96. The number of nitrogens with zero attached hydrogens (tertiary/aromatic N) is 4. The van der Waals surface area contributed by atoms with Crippen LogP contribution in [0.1, 0.15) is 13.8 Å². The van der Waals surface area contributed by atoms with E-state index < -0.39 is 0 Å². The van der Waals surface area contributed by atoms with Crippen molar-refractivity contribution in [1.29, 1.82) is 0 Å². The molecule has 0 amide bonds. The number of hydrogen-bond acceptors (Lipinski definition) is 7. The standard InChI is InChI=1S/C26H22N4O2S/c1-3-31-20-9-5-17(6-10-20)22-23(19-13-15-27-16-14-19)28-24(26-25(22)29-33-30-26)18-7-11-21(12-8-18)32-4-2/h5-16H,3-4H2,1-2H3. The zero-order valence-electron chi connectivity index (χ0n) is 18.4. The van der Waals surface area contributed by atoms with E-state index in [1.54, 1.807) is 12.4 Å². The highest BCUT2D eigenvalue weighted by molar-refractivity contribution is 7.00. The van der Waals surface area contributed by atoms with Gasteiger partial charge in [0.25, 0.3) is 0 Å². The van der Waals surface area contributed by atoms with Crippen molar-refractivity contribution in [3.63, 3.8) is 0 Å². The van der Waals surface area contributed by atoms with Gasteiger partial charge in [0.2, 0.25) is 0 Å². The van der Waals surface area contributed by atoms with Gasteiger partial charge in [-0.25, -0.2) is 4.98 Å². The lowest BCUT2D eigenvalue weighted by molar-refractivity contribution is 0.340. The largest absolute Gasteiger partial charge is 0.494 e. The highest BCUT2D eigenvalue weighted by atomic mass is 32.1. The van der Waals surface area contributed by atoms with Crippen LogP contribution in [-0.2, 0) is 0 Å². The molecule has 5 aromatic rings. The molecule has 0 saturated carbocycles. The van der Waals surface area contributed by atoms with Crippen LogP contribution < -0.4 is 9.47 Å². The van der Waals surface area contributed by atoms with Crippen LogP contribution in [0.4, 0.5) is 0 Å². The summed E-state index contributed by atoms with van der Waals surface area (Å²) in [5.41, 5.74) is 7.13. The van der Waals surface area contributed by atoms with Crippen molar-refractivity contribution in [3.05, 3.63) is 73.1 Å². The van der Waals surface area contributed by atoms with Crippen LogP contribution >= 0.6 is 11.7 Å². The van der Waals surface area contributed by atoms with Crippen LogP contribution in [0.5, 0.6) is 11.5 Å². The number of hydrogen-bond donors (Lipinski definition) is 0. The summed E-state index contributed by atoms with van der Waals surface area (Å²) in [4.78, 5) is 9.31. The number of rotatable bonds is 7. The van der Waals surface area contributed by atoms with Crippen LogP contribution in [0.15, 0.2) is 73.1 Å². The van der Waals surface area contributed by atoms with E-state index >= 15 is 0 Å². The minimum atomic E-state index is 0.625. The Hall–Kier alpha value is -3.84. The van der Waals surface area contributed by atoms with Crippen LogP contribution in [0, 0.1) is 0 Å². The molecule has 0 aliphatic heterocycles. The molecule has 3 heterocycles. The molecule has 0 bridgehead atoms. The molecule has 164 valence electrons. The molecular formula is C26H22N4O2S. The topological polar surface area (TPSA) is 70.0 Å². The van der Waals surface area contributed by atoms with Crippen molar-refractivity contribution in [2.75, 3.05) is 13.2 Å². The van der Waals surface area contributed by atoms with Crippen LogP contribution in [0.25, 0.3) is 44.7 Å². The maximum absolute atomic E-state index is 5.63. The van der Waals surface area contributed by atoms with Crippen LogP contribution in [-0.4, -0.2) is 31.9 Å². The van der Waals surface area contributed by atoms with Crippen molar-refractivity contribution in [2.24, 2.45) is 0 Å². The SMILES string of the molecule is CCOc1ccc(-c2nc(-c3ccncc3)c(-c3ccc(OCC)cc3)c3nsnc23)cc1. The lowest BCUT2D eigenvalue weighted by Gasteiger charge is -2.14. The van der Waals surface area contributed by atoms with Crippen LogP contribution in [0.3, 0.4) is 0 Å². The van der Waals surface area contributed by atoms with Crippen molar-refractivity contribution < 1.29 is 9.47 Å². The predicted octanol–water partition coefficient (Wildman–Crippen LogP) is 6.28. The molecule has 7 heteroatoms. The molecule has 0 spiro atoms. The fraction of sp³-hybridized carbons (Fsp3) is 0.154. The average molecular weight is 455 g/mol. The third kappa shape index (κ3) is 4.15. The fourth-order valence-electron chi connectivity index (χ4n) is 3.79. The van der Waals surface area contributed by atoms with E-state index in [1.165, 1.54) is 11.7 Å². The zero-order valence-corrected chi connectivity index (χ0v) is 19.2. The minimum Gasteiger partial charge on any atom is -0.494 e. The molecule has 0 saturated heterocycles. The second-order valence-electron chi connectivity index (χ2n) is 7.30. The maximum Gasteiger partial charge on any atom is 0.131 e. The van der Waals surface area contributed by atoms with Crippen molar-refractivity contribution in [1.82, 2.24) is 18.7 Å². The monoisotopic (exact) mass is 454 g/mol. The van der Waals surface area contributed by atoms with Gasteiger partial charge in [-0.3, -0.25) is 4.98 Å². The third-order valence-corrected chi connectivity index (χ3v) is 5.79. The molecule has 0 atom stereocenters. The lowest BCUT2D eigenvalue weighted by Crippen LogP contribution is -1.97. The van der Waals surface area contributed by atoms with Gasteiger partial charge in [0.1, 0.15) is 28.2 Å². The molecule has 6 nitrogen and oxygen atoms in total. The van der Waals surface area contributed by atoms with E-state index in [0.717, 1.165) is 56.2 Å². The quantitative estimate of drug-likeness (QED) is 0.288. The molecule has 33 heavy (non-hydrogen) atoms. The van der Waals surface area contributed by atoms with Crippen molar-refractivity contribution >= 4 is 22.8 Å². The number of ether oxygens (including phenoxy) is 2. The fourth-order valence-corrected chi connectivity index (χ4v) is 4.35. The van der Waals surface area contributed by atoms with Gasteiger partial charge in [-0.1, -0.05) is 12.1 Å². The van der Waals surface area contributed by atoms with Gasteiger partial charge < -0.3 is 9.47 Å². The molecule has 0 aliphatic carbocycles. The first kappa shape index (κ1) is 21.0. The Bertz CT molecular complexity index is 1370. The Balaban J connectivity index is 1.73. The Morgan fingerprint density at radius 2 is 1.18 bits per heavy atom. The second-order valence-corrected chi connectivity index (χ2v) is 7.82. The molecule has 3 aromatic heterocycles. The highest BCUT2D eigenvalue weighted by Gasteiger charge is 2.21. The highest BCUT2D eigenvalue weighted by Crippen LogP contribution is 2.40. The van der Waals surface area contributed by atoms with Crippen molar-refractivity contribution in [2.45, 2.75) is 13.8 Å². The zero-order chi connectivity index (χ0) is 22.6. The van der Waals surface area contributed by atoms with Crippen LogP contribution in [0.2, 0.25) is 0 Å². The molecule has 2 aromatic carbocycles. The molecule has 0 N–H and O–H groups in total. The molecule has 5 rings (SSSR count). The van der Waals surface area contributed by atoms with Gasteiger partial charge in [0.05, 0.1) is 30.6 Å². The second kappa shape index (κ2) is 9.34. The summed E-state index contributed by atoms with van der Waals surface area (Å²) in [6.07, 6.45) is 3.55. The van der Waals surface area contributed by atoms with Gasteiger partial charge in [-0.2, -0.15) is 8.75 Å². The molecule has 0 unspecified atom stereocenters. The molecule has 0 radical (unpaired) electrons. The van der Waals surface area contributed by atoms with Gasteiger partial charge in [0.15, 0.2) is 0 Å². The third-order valence-electron chi connectivity index (χ3n) is 5.26. The van der Waals surface area contributed by atoms with E-state index in [-0.39, 0.29) is 0 Å². The summed E-state index contributed by atoms with van der Waals surface area (Å²) in [5.74, 6) is 1.66. The number of fused-ring (bicyclic) bond motifs is 1. The first-order chi connectivity index (χ1) is 16.3. The van der Waals surface area contributed by atoms with E-state index in [1.807, 2.05) is 74.5 Å². The predicted molar refractivity (Wildman–Crippen MR) is 132 cm³/mol. The van der Waals surface area contributed by atoms with E-state index in [4.69, 9.17) is 18.8 Å².